The van der Waals surface area contributed by atoms with E-state index >= 15 is 0 Å². The van der Waals surface area contributed by atoms with Crippen molar-refractivity contribution in [3.8, 4) is 5.75 Å². The van der Waals surface area contributed by atoms with Gasteiger partial charge < -0.3 is 10.1 Å². The smallest absolute Gasteiger partial charge is 0.419 e. The number of likely N-dealkylation sites (N-methyl/N-ethyl adjacent to an activating group) is 1. The molecule has 174 valence electrons. The van der Waals surface area contributed by atoms with E-state index in [0.717, 1.165) is 25.3 Å². The summed E-state index contributed by atoms with van der Waals surface area (Å²) in [7, 11) is 2.85. The number of carbonyl (C=O) groups is 1. The number of nitrogens with zero attached hydrogens (tertiary/aromatic N) is 1. The van der Waals surface area contributed by atoms with Crippen molar-refractivity contribution in [2.45, 2.75) is 38.2 Å². The van der Waals surface area contributed by atoms with Gasteiger partial charge in [-0.1, -0.05) is 0 Å². The first kappa shape index (κ1) is 23.9. The van der Waals surface area contributed by atoms with Crippen LogP contribution < -0.4 is 10.1 Å². The van der Waals surface area contributed by atoms with Crippen LogP contribution in [0.15, 0.2) is 30.3 Å². The van der Waals surface area contributed by atoms with Gasteiger partial charge in [0.2, 0.25) is 0 Å². The lowest BCUT2D eigenvalue weighted by Crippen LogP contribution is -2.44. The maximum absolute atomic E-state index is 13.8. The summed E-state index contributed by atoms with van der Waals surface area (Å²) in [6, 6.07) is 4.99. The molecule has 0 saturated heterocycles. The van der Waals surface area contributed by atoms with Crippen molar-refractivity contribution in [3.63, 3.8) is 0 Å². The number of rotatable bonds is 3. The monoisotopic (exact) mass is 460 g/mol. The topological polar surface area (TPSA) is 41.6 Å². The molecule has 1 amide bonds. The molecule has 0 spiro atoms. The summed E-state index contributed by atoms with van der Waals surface area (Å²) < 4.78 is 85.8. The van der Waals surface area contributed by atoms with Crippen molar-refractivity contribution >= 4 is 11.6 Å². The van der Waals surface area contributed by atoms with E-state index in [1.54, 1.807) is 20.9 Å². The zero-order valence-corrected chi connectivity index (χ0v) is 17.8. The van der Waals surface area contributed by atoms with Crippen LogP contribution in [0.4, 0.5) is 32.0 Å². The van der Waals surface area contributed by atoms with Gasteiger partial charge in [-0.3, -0.25) is 9.69 Å². The van der Waals surface area contributed by atoms with E-state index in [1.165, 1.54) is 6.07 Å². The zero-order valence-electron chi connectivity index (χ0n) is 17.8. The Hall–Kier alpha value is -2.75. The van der Waals surface area contributed by atoms with Crippen molar-refractivity contribution in [1.29, 1.82) is 0 Å². The van der Waals surface area contributed by atoms with E-state index in [9.17, 15) is 31.1 Å². The number of alkyl halides is 6. The molecule has 1 aliphatic heterocycles. The summed E-state index contributed by atoms with van der Waals surface area (Å²) in [5.74, 6) is -1.43. The standard InChI is InChI=1S/C22H22F6N2O2/c1-20(2)15-10-13(11-16(21(23,24)25)14(15)7-8-30(20)3)29-19(31)12-5-6-18(32-4)17(9-12)22(26,27)28/h5-6,9-11H,7-8H2,1-4H3,(H,29,31). The minimum Gasteiger partial charge on any atom is -0.496 e. The van der Waals surface area contributed by atoms with Crippen LogP contribution in [0, 0.1) is 0 Å². The fourth-order valence-electron chi connectivity index (χ4n) is 3.85. The lowest BCUT2D eigenvalue weighted by molar-refractivity contribution is -0.139. The summed E-state index contributed by atoms with van der Waals surface area (Å²) >= 11 is 0. The molecular formula is C22H22F6N2O2. The molecule has 0 aromatic heterocycles. The summed E-state index contributed by atoms with van der Waals surface area (Å²) in [4.78, 5) is 14.5. The first-order valence-electron chi connectivity index (χ1n) is 9.68. The Morgan fingerprint density at radius 3 is 2.22 bits per heavy atom. The average molecular weight is 460 g/mol. The summed E-state index contributed by atoms with van der Waals surface area (Å²) in [6.45, 7) is 3.98. The number of nitrogens with one attached hydrogen (secondary N) is 1. The van der Waals surface area contributed by atoms with Crippen LogP contribution in [0.25, 0.3) is 0 Å². The molecule has 0 bridgehead atoms. The number of hydrogen-bond donors (Lipinski definition) is 1. The quantitative estimate of drug-likeness (QED) is 0.597. The van der Waals surface area contributed by atoms with Crippen LogP contribution in [-0.2, 0) is 24.3 Å². The molecule has 0 saturated carbocycles. The molecule has 4 nitrogen and oxygen atoms in total. The lowest BCUT2D eigenvalue weighted by atomic mass is 9.81. The third-order valence-electron chi connectivity index (χ3n) is 5.89. The van der Waals surface area contributed by atoms with E-state index in [-0.39, 0.29) is 23.2 Å². The third kappa shape index (κ3) is 4.41. The first-order valence-corrected chi connectivity index (χ1v) is 9.68. The van der Waals surface area contributed by atoms with Gasteiger partial charge in [-0.2, -0.15) is 26.3 Å². The van der Waals surface area contributed by atoms with Gasteiger partial charge in [0.15, 0.2) is 0 Å². The van der Waals surface area contributed by atoms with Crippen LogP contribution in [0.1, 0.15) is 46.5 Å². The van der Waals surface area contributed by atoms with Gasteiger partial charge in [-0.25, -0.2) is 0 Å². The number of anilines is 1. The van der Waals surface area contributed by atoms with Gasteiger partial charge in [-0.15, -0.1) is 0 Å². The fourth-order valence-corrected chi connectivity index (χ4v) is 3.85. The molecule has 1 aliphatic rings. The second-order valence-corrected chi connectivity index (χ2v) is 8.15. The number of carbonyl (C=O) groups excluding carboxylic acids is 1. The van der Waals surface area contributed by atoms with Gasteiger partial charge in [0.1, 0.15) is 5.75 Å². The van der Waals surface area contributed by atoms with Crippen molar-refractivity contribution < 1.29 is 35.9 Å². The molecule has 0 unspecified atom stereocenters. The lowest BCUT2D eigenvalue weighted by Gasteiger charge is -2.42. The average Bonchev–Trinajstić information content (AvgIpc) is 2.69. The summed E-state index contributed by atoms with van der Waals surface area (Å²) in [5, 5.41) is 2.32. The Morgan fingerprint density at radius 1 is 1.03 bits per heavy atom. The third-order valence-corrected chi connectivity index (χ3v) is 5.89. The van der Waals surface area contributed by atoms with Crippen molar-refractivity contribution in [2.75, 3.05) is 26.0 Å². The summed E-state index contributed by atoms with van der Waals surface area (Å²) in [6.07, 6.45) is -9.24. The van der Waals surface area contributed by atoms with Crippen LogP contribution in [0.2, 0.25) is 0 Å². The van der Waals surface area contributed by atoms with Crippen molar-refractivity contribution in [3.05, 3.63) is 58.1 Å². The maximum atomic E-state index is 13.8. The second-order valence-electron chi connectivity index (χ2n) is 8.15. The number of ether oxygens (including phenoxy) is 1. The Kier molecular flexibility index (Phi) is 5.97. The SMILES string of the molecule is COc1ccc(C(=O)Nc2cc(C(F)(F)F)c3c(c2)C(C)(C)N(C)CC3)cc1C(F)(F)F. The number of amides is 1. The molecule has 32 heavy (non-hydrogen) atoms. The molecule has 1 heterocycles. The van der Waals surface area contributed by atoms with Crippen LogP contribution in [0.3, 0.4) is 0 Å². The van der Waals surface area contributed by atoms with E-state index in [2.05, 4.69) is 5.32 Å². The Labute approximate surface area is 181 Å². The normalized spacial score (nSPS) is 16.4. The highest BCUT2D eigenvalue weighted by molar-refractivity contribution is 6.04. The van der Waals surface area contributed by atoms with Gasteiger partial charge in [-0.05, 0) is 68.8 Å². The van der Waals surface area contributed by atoms with Gasteiger partial charge >= 0.3 is 12.4 Å². The first-order chi connectivity index (χ1) is 14.7. The van der Waals surface area contributed by atoms with Crippen molar-refractivity contribution in [1.82, 2.24) is 4.90 Å². The molecule has 0 fully saturated rings. The van der Waals surface area contributed by atoms with Crippen LogP contribution >= 0.6 is 0 Å². The Balaban J connectivity index is 2.05. The highest BCUT2D eigenvalue weighted by Crippen LogP contribution is 2.43. The van der Waals surface area contributed by atoms with E-state index in [4.69, 9.17) is 4.74 Å². The highest BCUT2D eigenvalue weighted by atomic mass is 19.4. The number of benzene rings is 2. The number of fused-ring (bicyclic) bond motifs is 1. The second kappa shape index (κ2) is 7.99. The van der Waals surface area contributed by atoms with Gasteiger partial charge in [0, 0.05) is 23.3 Å². The van der Waals surface area contributed by atoms with Gasteiger partial charge in [0.25, 0.3) is 5.91 Å². The Bertz CT molecular complexity index is 1040. The predicted molar refractivity (Wildman–Crippen MR) is 107 cm³/mol. The molecule has 0 radical (unpaired) electrons. The van der Waals surface area contributed by atoms with Crippen LogP contribution in [0.5, 0.6) is 5.75 Å². The highest BCUT2D eigenvalue weighted by Gasteiger charge is 2.41. The molecular weight excluding hydrogens is 438 g/mol. The minimum atomic E-state index is -4.77. The number of methoxy groups -OCH3 is 1. The van der Waals surface area contributed by atoms with E-state index in [1.807, 2.05) is 4.90 Å². The molecule has 2 aromatic carbocycles. The predicted octanol–water partition coefficient (Wildman–Crippen LogP) is 5.71. The largest absolute Gasteiger partial charge is 0.496 e. The van der Waals surface area contributed by atoms with Crippen LogP contribution in [-0.4, -0.2) is 31.5 Å². The zero-order chi connectivity index (χ0) is 24.1. The molecule has 10 heteroatoms. The molecule has 0 atom stereocenters. The maximum Gasteiger partial charge on any atom is 0.419 e. The number of hydrogen-bond acceptors (Lipinski definition) is 3. The molecule has 2 aromatic rings. The fraction of sp³-hybridized carbons (Fsp3) is 0.409. The minimum absolute atomic E-state index is 0.145. The Morgan fingerprint density at radius 2 is 1.66 bits per heavy atom. The summed E-state index contributed by atoms with van der Waals surface area (Å²) in [5.41, 5.74) is -2.70. The number of halogens is 6. The molecule has 0 aliphatic carbocycles. The molecule has 1 N–H and O–H groups in total. The van der Waals surface area contributed by atoms with Crippen molar-refractivity contribution in [2.24, 2.45) is 0 Å². The molecule has 3 rings (SSSR count). The van der Waals surface area contributed by atoms with E-state index in [0.29, 0.717) is 18.2 Å². The van der Waals surface area contributed by atoms with Gasteiger partial charge in [0.05, 0.1) is 18.2 Å². The van der Waals surface area contributed by atoms with E-state index < -0.39 is 40.7 Å².